The predicted molar refractivity (Wildman–Crippen MR) is 102 cm³/mol. The molecule has 1 atom stereocenters. The minimum Gasteiger partial charge on any atom is -0.497 e. The molecular formula is C22H20N2O2. The number of hydrogen-bond acceptors (Lipinski definition) is 3. The van der Waals surface area contributed by atoms with Gasteiger partial charge in [-0.1, -0.05) is 54.6 Å². The van der Waals surface area contributed by atoms with Gasteiger partial charge in [-0.25, -0.2) is 0 Å². The Bertz CT molecular complexity index is 924. The van der Waals surface area contributed by atoms with Crippen molar-refractivity contribution in [1.82, 2.24) is 4.90 Å². The molecule has 0 aromatic heterocycles. The number of para-hydroxylation sites is 1. The lowest BCUT2D eigenvalue weighted by atomic mass is 10.0. The van der Waals surface area contributed by atoms with Crippen LogP contribution in [0.3, 0.4) is 0 Å². The minimum atomic E-state index is -0.257. The van der Waals surface area contributed by atoms with Gasteiger partial charge in [0.1, 0.15) is 11.9 Å². The fourth-order valence-corrected chi connectivity index (χ4v) is 3.31. The molecule has 0 radical (unpaired) electrons. The summed E-state index contributed by atoms with van der Waals surface area (Å²) >= 11 is 0. The van der Waals surface area contributed by atoms with E-state index in [1.165, 1.54) is 0 Å². The number of fused-ring (bicyclic) bond motifs is 1. The molecule has 4 rings (SSSR count). The topological polar surface area (TPSA) is 41.6 Å². The quantitative estimate of drug-likeness (QED) is 0.760. The molecule has 3 aromatic carbocycles. The Morgan fingerprint density at radius 3 is 2.54 bits per heavy atom. The summed E-state index contributed by atoms with van der Waals surface area (Å²) in [5.41, 5.74) is 3.63. The summed E-state index contributed by atoms with van der Waals surface area (Å²) < 4.78 is 5.36. The molecule has 1 heterocycles. The van der Waals surface area contributed by atoms with Crippen LogP contribution in [0.2, 0.25) is 0 Å². The van der Waals surface area contributed by atoms with E-state index in [1.54, 1.807) is 7.11 Å². The standard InChI is InChI=1S/C22H20N2O2/c1-26-18-11-7-10-17(14-18)21-23-20-13-6-5-12-19(20)22(25)24(21)15-16-8-3-2-4-9-16/h2-14,21,23H,15H2,1H3/t21-/m0/s1. The van der Waals surface area contributed by atoms with Crippen LogP contribution in [-0.4, -0.2) is 17.9 Å². The van der Waals surface area contributed by atoms with Gasteiger partial charge in [-0.3, -0.25) is 4.79 Å². The average Bonchev–Trinajstić information content (AvgIpc) is 2.71. The molecular weight excluding hydrogens is 324 g/mol. The molecule has 0 spiro atoms. The minimum absolute atomic E-state index is 0.0241. The van der Waals surface area contributed by atoms with Crippen molar-refractivity contribution in [2.24, 2.45) is 0 Å². The van der Waals surface area contributed by atoms with E-state index in [4.69, 9.17) is 4.74 Å². The van der Waals surface area contributed by atoms with E-state index in [0.29, 0.717) is 12.1 Å². The van der Waals surface area contributed by atoms with Crippen LogP contribution in [-0.2, 0) is 6.54 Å². The first-order valence-corrected chi connectivity index (χ1v) is 8.60. The van der Waals surface area contributed by atoms with Crippen LogP contribution in [0, 0.1) is 0 Å². The molecule has 1 aliphatic heterocycles. The van der Waals surface area contributed by atoms with Crippen LogP contribution in [0.4, 0.5) is 5.69 Å². The van der Waals surface area contributed by atoms with Gasteiger partial charge >= 0.3 is 0 Å². The molecule has 0 saturated carbocycles. The highest BCUT2D eigenvalue weighted by molar-refractivity contribution is 6.01. The van der Waals surface area contributed by atoms with Crippen molar-refractivity contribution in [3.05, 3.63) is 95.6 Å². The average molecular weight is 344 g/mol. The van der Waals surface area contributed by atoms with Gasteiger partial charge in [0.15, 0.2) is 0 Å². The zero-order valence-corrected chi connectivity index (χ0v) is 14.6. The summed E-state index contributed by atoms with van der Waals surface area (Å²) in [5, 5.41) is 3.51. The summed E-state index contributed by atoms with van der Waals surface area (Å²) in [4.78, 5) is 15.1. The van der Waals surface area contributed by atoms with Crippen LogP contribution < -0.4 is 10.1 Å². The molecule has 1 N–H and O–H groups in total. The normalized spacial score (nSPS) is 16.0. The van der Waals surface area contributed by atoms with Crippen LogP contribution >= 0.6 is 0 Å². The molecule has 0 bridgehead atoms. The van der Waals surface area contributed by atoms with Gasteiger partial charge in [-0.15, -0.1) is 0 Å². The number of nitrogens with zero attached hydrogens (tertiary/aromatic N) is 1. The smallest absolute Gasteiger partial charge is 0.258 e. The number of carbonyl (C=O) groups excluding carboxylic acids is 1. The van der Waals surface area contributed by atoms with Crippen LogP contribution in [0.1, 0.15) is 27.7 Å². The van der Waals surface area contributed by atoms with Gasteiger partial charge in [0.2, 0.25) is 0 Å². The van der Waals surface area contributed by atoms with Crippen molar-refractivity contribution < 1.29 is 9.53 Å². The Hall–Kier alpha value is -3.27. The predicted octanol–water partition coefficient (Wildman–Crippen LogP) is 4.46. The first kappa shape index (κ1) is 16.2. The highest BCUT2D eigenvalue weighted by Crippen LogP contribution is 2.35. The van der Waals surface area contributed by atoms with Gasteiger partial charge in [0.05, 0.1) is 12.7 Å². The largest absolute Gasteiger partial charge is 0.497 e. The van der Waals surface area contributed by atoms with Crippen LogP contribution in [0.15, 0.2) is 78.9 Å². The highest BCUT2D eigenvalue weighted by atomic mass is 16.5. The maximum Gasteiger partial charge on any atom is 0.258 e. The molecule has 130 valence electrons. The third-order valence-electron chi connectivity index (χ3n) is 4.63. The molecule has 1 amide bonds. The number of benzene rings is 3. The van der Waals surface area contributed by atoms with Crippen LogP contribution in [0.5, 0.6) is 5.75 Å². The Morgan fingerprint density at radius 1 is 0.962 bits per heavy atom. The Labute approximate surface area is 153 Å². The zero-order chi connectivity index (χ0) is 17.9. The second-order valence-electron chi connectivity index (χ2n) is 6.29. The molecule has 0 aliphatic carbocycles. The van der Waals surface area contributed by atoms with Crippen molar-refractivity contribution >= 4 is 11.6 Å². The summed E-state index contributed by atoms with van der Waals surface area (Å²) in [7, 11) is 1.65. The highest BCUT2D eigenvalue weighted by Gasteiger charge is 2.32. The summed E-state index contributed by atoms with van der Waals surface area (Å²) in [6.07, 6.45) is -0.257. The SMILES string of the molecule is COc1cccc([C@H]2Nc3ccccc3C(=O)N2Cc2ccccc2)c1. The van der Waals surface area contributed by atoms with E-state index in [9.17, 15) is 4.79 Å². The lowest BCUT2D eigenvalue weighted by molar-refractivity contribution is 0.0666. The number of amides is 1. The molecule has 0 fully saturated rings. The number of methoxy groups -OCH3 is 1. The summed E-state index contributed by atoms with van der Waals surface area (Å²) in [6, 6.07) is 25.5. The van der Waals surface area contributed by atoms with Crippen molar-refractivity contribution in [2.45, 2.75) is 12.7 Å². The third kappa shape index (κ3) is 3.02. The fraction of sp³-hybridized carbons (Fsp3) is 0.136. The van der Waals surface area contributed by atoms with Gasteiger partial charge in [0.25, 0.3) is 5.91 Å². The molecule has 0 saturated heterocycles. The maximum atomic E-state index is 13.2. The van der Waals surface area contributed by atoms with Crippen LogP contribution in [0.25, 0.3) is 0 Å². The van der Waals surface area contributed by atoms with E-state index < -0.39 is 0 Å². The number of rotatable bonds is 4. The number of carbonyl (C=O) groups is 1. The van der Waals surface area contributed by atoms with Gasteiger partial charge in [-0.05, 0) is 35.4 Å². The zero-order valence-electron chi connectivity index (χ0n) is 14.6. The monoisotopic (exact) mass is 344 g/mol. The van der Waals surface area contributed by atoms with Crippen molar-refractivity contribution in [1.29, 1.82) is 0 Å². The number of ether oxygens (including phenoxy) is 1. The second-order valence-corrected chi connectivity index (χ2v) is 6.29. The van der Waals surface area contributed by atoms with E-state index in [2.05, 4.69) is 5.32 Å². The van der Waals surface area contributed by atoms with Gasteiger partial charge in [-0.2, -0.15) is 0 Å². The maximum absolute atomic E-state index is 13.2. The lowest BCUT2D eigenvalue weighted by Gasteiger charge is -2.38. The molecule has 1 aliphatic rings. The van der Waals surface area contributed by atoms with Crippen molar-refractivity contribution in [2.75, 3.05) is 12.4 Å². The molecule has 4 nitrogen and oxygen atoms in total. The Kier molecular flexibility index (Phi) is 4.32. The number of nitrogens with one attached hydrogen (secondary N) is 1. The third-order valence-corrected chi connectivity index (χ3v) is 4.63. The molecule has 26 heavy (non-hydrogen) atoms. The van der Waals surface area contributed by atoms with Crippen molar-refractivity contribution in [3.8, 4) is 5.75 Å². The molecule has 3 aromatic rings. The Balaban J connectivity index is 1.76. The first-order chi connectivity index (χ1) is 12.8. The van der Waals surface area contributed by atoms with E-state index >= 15 is 0 Å². The first-order valence-electron chi connectivity index (χ1n) is 8.60. The van der Waals surface area contributed by atoms with Gasteiger partial charge in [0, 0.05) is 12.2 Å². The summed E-state index contributed by atoms with van der Waals surface area (Å²) in [5.74, 6) is 0.797. The van der Waals surface area contributed by atoms with E-state index in [1.807, 2.05) is 83.8 Å². The fourth-order valence-electron chi connectivity index (χ4n) is 3.31. The molecule has 4 heteroatoms. The number of hydrogen-bond donors (Lipinski definition) is 1. The van der Waals surface area contributed by atoms with E-state index in [0.717, 1.165) is 22.6 Å². The second kappa shape index (κ2) is 6.92. The van der Waals surface area contributed by atoms with Crippen molar-refractivity contribution in [3.63, 3.8) is 0 Å². The number of anilines is 1. The summed E-state index contributed by atoms with van der Waals surface area (Å²) in [6.45, 7) is 0.531. The lowest BCUT2D eigenvalue weighted by Crippen LogP contribution is -2.42. The Morgan fingerprint density at radius 2 is 1.73 bits per heavy atom. The van der Waals surface area contributed by atoms with E-state index in [-0.39, 0.29) is 12.1 Å². The molecule has 0 unspecified atom stereocenters. The van der Waals surface area contributed by atoms with Gasteiger partial charge < -0.3 is 15.0 Å².